The fourth-order valence-electron chi connectivity index (χ4n) is 6.80. The SMILES string of the molecule is CCC(=O)N[C@H](Cc1ccc(CNC(=O)C(NC(=O)c2ccnn2CC)C2CCC(F)(F)CC2)cc1)C(=O)N1CCN(Cc2ccccc2)CC1. The highest BCUT2D eigenvalue weighted by Crippen LogP contribution is 2.37. The second kappa shape index (κ2) is 17.5. The molecular formula is C38H49F2N7O4. The second-order valence-corrected chi connectivity index (χ2v) is 13.5. The van der Waals surface area contributed by atoms with E-state index in [0.29, 0.717) is 31.7 Å². The van der Waals surface area contributed by atoms with Crippen LogP contribution in [0.4, 0.5) is 8.78 Å². The molecule has 1 aliphatic heterocycles. The number of aryl methyl sites for hydroxylation is 1. The van der Waals surface area contributed by atoms with Crippen molar-refractivity contribution in [1.29, 1.82) is 0 Å². The van der Waals surface area contributed by atoms with Gasteiger partial charge in [0.05, 0.1) is 0 Å². The molecule has 0 spiro atoms. The Bertz CT molecular complexity index is 1610. The fourth-order valence-corrected chi connectivity index (χ4v) is 6.80. The molecule has 1 aromatic heterocycles. The van der Waals surface area contributed by atoms with Crippen LogP contribution in [0.2, 0.25) is 0 Å². The molecule has 5 rings (SSSR count). The smallest absolute Gasteiger partial charge is 0.270 e. The van der Waals surface area contributed by atoms with Crippen LogP contribution in [0.15, 0.2) is 66.9 Å². The van der Waals surface area contributed by atoms with Gasteiger partial charge in [0.25, 0.3) is 5.91 Å². The highest BCUT2D eigenvalue weighted by atomic mass is 19.3. The zero-order chi connectivity index (χ0) is 36.4. The summed E-state index contributed by atoms with van der Waals surface area (Å²) in [6, 6.07) is 17.5. The van der Waals surface area contributed by atoms with Crippen molar-refractivity contribution in [2.45, 2.75) is 90.0 Å². The van der Waals surface area contributed by atoms with Crippen LogP contribution in [0.25, 0.3) is 0 Å². The first kappa shape index (κ1) is 37.6. The Labute approximate surface area is 298 Å². The number of rotatable bonds is 14. The van der Waals surface area contributed by atoms with Gasteiger partial charge in [-0.25, -0.2) is 8.78 Å². The molecule has 3 aromatic rings. The third-order valence-corrected chi connectivity index (χ3v) is 9.87. The van der Waals surface area contributed by atoms with E-state index < -0.39 is 35.7 Å². The van der Waals surface area contributed by atoms with E-state index in [0.717, 1.165) is 30.8 Å². The number of aromatic nitrogens is 2. The molecule has 2 heterocycles. The number of nitrogens with zero attached hydrogens (tertiary/aromatic N) is 4. The summed E-state index contributed by atoms with van der Waals surface area (Å²) in [5.74, 6) is -4.44. The van der Waals surface area contributed by atoms with E-state index >= 15 is 0 Å². The van der Waals surface area contributed by atoms with Crippen molar-refractivity contribution in [3.63, 3.8) is 0 Å². The summed E-state index contributed by atoms with van der Waals surface area (Å²) in [7, 11) is 0. The monoisotopic (exact) mass is 705 g/mol. The van der Waals surface area contributed by atoms with Gasteiger partial charge in [-0.1, -0.05) is 61.5 Å². The van der Waals surface area contributed by atoms with Gasteiger partial charge in [-0.15, -0.1) is 0 Å². The van der Waals surface area contributed by atoms with E-state index in [2.05, 4.69) is 38.1 Å². The number of carbonyl (C=O) groups excluding carboxylic acids is 4. The van der Waals surface area contributed by atoms with Crippen LogP contribution in [-0.2, 0) is 40.4 Å². The topological polar surface area (TPSA) is 129 Å². The lowest BCUT2D eigenvalue weighted by Gasteiger charge is -2.36. The summed E-state index contributed by atoms with van der Waals surface area (Å²) >= 11 is 0. The van der Waals surface area contributed by atoms with Gasteiger partial charge in [0.2, 0.25) is 23.6 Å². The van der Waals surface area contributed by atoms with Gasteiger partial charge in [-0.05, 0) is 48.4 Å². The van der Waals surface area contributed by atoms with Crippen LogP contribution in [0.5, 0.6) is 0 Å². The predicted octanol–water partition coefficient (Wildman–Crippen LogP) is 3.93. The maximum atomic E-state index is 14.0. The number of benzene rings is 2. The van der Waals surface area contributed by atoms with E-state index in [1.165, 1.54) is 16.4 Å². The molecule has 0 bridgehead atoms. The largest absolute Gasteiger partial charge is 0.350 e. The first-order chi connectivity index (χ1) is 24.5. The van der Waals surface area contributed by atoms with Crippen molar-refractivity contribution in [3.8, 4) is 0 Å². The van der Waals surface area contributed by atoms with Gasteiger partial charge in [0, 0.05) is 77.7 Å². The van der Waals surface area contributed by atoms with Gasteiger partial charge in [-0.2, -0.15) is 5.10 Å². The summed E-state index contributed by atoms with van der Waals surface area (Å²) in [4.78, 5) is 56.8. The first-order valence-corrected chi connectivity index (χ1v) is 18.0. The predicted molar refractivity (Wildman–Crippen MR) is 189 cm³/mol. The molecular weight excluding hydrogens is 656 g/mol. The summed E-state index contributed by atoms with van der Waals surface area (Å²) in [5.41, 5.74) is 3.16. The molecule has 2 fully saturated rings. The van der Waals surface area contributed by atoms with Crippen molar-refractivity contribution >= 4 is 23.6 Å². The summed E-state index contributed by atoms with van der Waals surface area (Å²) in [5, 5.41) is 12.7. The molecule has 2 atom stereocenters. The van der Waals surface area contributed by atoms with Crippen LogP contribution < -0.4 is 16.0 Å². The van der Waals surface area contributed by atoms with E-state index in [1.54, 1.807) is 13.0 Å². The van der Waals surface area contributed by atoms with Crippen LogP contribution in [0, 0.1) is 5.92 Å². The maximum Gasteiger partial charge on any atom is 0.270 e. The normalized spacial score (nSPS) is 17.7. The first-order valence-electron chi connectivity index (χ1n) is 18.0. The Hall–Kier alpha value is -4.65. The average molecular weight is 706 g/mol. The van der Waals surface area contributed by atoms with E-state index in [-0.39, 0.29) is 50.5 Å². The van der Waals surface area contributed by atoms with E-state index in [4.69, 9.17) is 0 Å². The highest BCUT2D eigenvalue weighted by Gasteiger charge is 2.40. The van der Waals surface area contributed by atoms with Crippen LogP contribution in [0.3, 0.4) is 0 Å². The third kappa shape index (κ3) is 10.4. The number of hydrogen-bond acceptors (Lipinski definition) is 6. The Kier molecular flexibility index (Phi) is 12.9. The molecule has 274 valence electrons. The molecule has 51 heavy (non-hydrogen) atoms. The Morgan fingerprint density at radius 1 is 0.863 bits per heavy atom. The summed E-state index contributed by atoms with van der Waals surface area (Å²) in [6.45, 7) is 7.69. The molecule has 1 saturated heterocycles. The van der Waals surface area contributed by atoms with Crippen LogP contribution in [-0.4, -0.2) is 87.4 Å². The molecule has 2 aliphatic rings. The minimum Gasteiger partial charge on any atom is -0.350 e. The molecule has 1 unspecified atom stereocenters. The van der Waals surface area contributed by atoms with Crippen LogP contribution in [0.1, 0.15) is 73.1 Å². The van der Waals surface area contributed by atoms with E-state index in [1.807, 2.05) is 54.3 Å². The Morgan fingerprint density at radius 2 is 1.53 bits per heavy atom. The number of amides is 4. The van der Waals surface area contributed by atoms with Gasteiger partial charge in [0.15, 0.2) is 0 Å². The highest BCUT2D eigenvalue weighted by molar-refractivity contribution is 5.96. The lowest BCUT2D eigenvalue weighted by molar-refractivity contribution is -0.138. The maximum absolute atomic E-state index is 14.0. The molecule has 11 nitrogen and oxygen atoms in total. The number of alkyl halides is 2. The number of nitrogens with one attached hydrogen (secondary N) is 3. The molecule has 0 radical (unpaired) electrons. The molecule has 13 heteroatoms. The van der Waals surface area contributed by atoms with E-state index in [9.17, 15) is 28.0 Å². The summed E-state index contributed by atoms with van der Waals surface area (Å²) in [6.07, 6.45) is 1.64. The zero-order valence-corrected chi connectivity index (χ0v) is 29.5. The number of piperazine rings is 1. The molecule has 2 aromatic carbocycles. The molecule has 3 N–H and O–H groups in total. The second-order valence-electron chi connectivity index (χ2n) is 13.5. The molecule has 1 saturated carbocycles. The number of halogens is 2. The van der Waals surface area contributed by atoms with Crippen molar-refractivity contribution in [2.75, 3.05) is 26.2 Å². The van der Waals surface area contributed by atoms with Gasteiger partial charge in [-0.3, -0.25) is 28.8 Å². The van der Waals surface area contributed by atoms with Crippen molar-refractivity contribution in [2.24, 2.45) is 5.92 Å². The van der Waals surface area contributed by atoms with Crippen molar-refractivity contribution in [1.82, 2.24) is 35.5 Å². The minimum atomic E-state index is -2.77. The Morgan fingerprint density at radius 3 is 2.18 bits per heavy atom. The summed E-state index contributed by atoms with van der Waals surface area (Å²) < 4.78 is 29.4. The minimum absolute atomic E-state index is 0.108. The number of hydrogen-bond donors (Lipinski definition) is 3. The quantitative estimate of drug-likeness (QED) is 0.233. The van der Waals surface area contributed by atoms with Crippen molar-refractivity contribution in [3.05, 3.63) is 89.2 Å². The lowest BCUT2D eigenvalue weighted by Crippen LogP contribution is -2.55. The third-order valence-electron chi connectivity index (χ3n) is 9.87. The fraction of sp³-hybridized carbons (Fsp3) is 0.500. The van der Waals surface area contributed by atoms with Crippen molar-refractivity contribution < 1.29 is 28.0 Å². The lowest BCUT2D eigenvalue weighted by atomic mass is 9.81. The van der Waals surface area contributed by atoms with Crippen LogP contribution >= 0.6 is 0 Å². The van der Waals surface area contributed by atoms with Gasteiger partial charge >= 0.3 is 0 Å². The van der Waals surface area contributed by atoms with Gasteiger partial charge < -0.3 is 20.9 Å². The average Bonchev–Trinajstić information content (AvgIpc) is 3.63. The zero-order valence-electron chi connectivity index (χ0n) is 29.5. The van der Waals surface area contributed by atoms with Gasteiger partial charge in [0.1, 0.15) is 17.8 Å². The standard InChI is InChI=1S/C38H49F2N7O4/c1-3-33(48)43-31(37(51)46-22-20-45(21-23-46)26-29-8-6-5-7-9-29)24-27-10-12-28(13-11-27)25-41-36(50)34(30-14-17-38(39,40)18-15-30)44-35(49)32-16-19-42-47(32)4-2/h5-13,16,19,30-31,34H,3-4,14-15,17-18,20-26H2,1-2H3,(H,41,50)(H,43,48)(H,44,49)/t31-,34?/m1/s1. The number of carbonyl (C=O) groups is 4. The molecule has 4 amide bonds. The Balaban J connectivity index is 1.18. The molecule has 1 aliphatic carbocycles.